The average Bonchev–Trinajstić information content (AvgIpc) is 2.46. The van der Waals surface area contributed by atoms with E-state index in [1.807, 2.05) is 12.1 Å². The Balaban J connectivity index is 2.02. The molecule has 1 unspecified atom stereocenters. The van der Waals surface area contributed by atoms with Gasteiger partial charge in [0.15, 0.2) is 5.78 Å². The van der Waals surface area contributed by atoms with Crippen LogP contribution in [0, 0.1) is 5.92 Å². The summed E-state index contributed by atoms with van der Waals surface area (Å²) in [5.74, 6) is 1.27. The second-order valence-electron chi connectivity index (χ2n) is 7.31. The number of allylic oxidation sites excluding steroid dienone is 1. The van der Waals surface area contributed by atoms with Crippen LogP contribution in [-0.4, -0.2) is 16.5 Å². The van der Waals surface area contributed by atoms with E-state index in [0.29, 0.717) is 6.42 Å². The molecule has 1 aromatic rings. The molecule has 0 fully saturated rings. The summed E-state index contributed by atoms with van der Waals surface area (Å²) in [4.78, 5) is 11.9. The number of aryl methyl sites for hydroxylation is 1. The number of ether oxygens (including phenoxy) is 1. The molecule has 1 aliphatic carbocycles. The lowest BCUT2D eigenvalue weighted by atomic mass is 9.72. The molecule has 0 radical (unpaired) electrons. The highest BCUT2D eigenvalue weighted by molar-refractivity contribution is 6.00. The Hall–Kier alpha value is -1.77. The average molecular weight is 314 g/mol. The zero-order chi connectivity index (χ0) is 16.6. The van der Waals surface area contributed by atoms with E-state index in [1.165, 1.54) is 12.8 Å². The Morgan fingerprint density at radius 1 is 1.30 bits per heavy atom. The fraction of sp³-hybridized carbons (Fsp3) is 0.550. The van der Waals surface area contributed by atoms with E-state index in [9.17, 15) is 9.90 Å². The molecule has 1 aliphatic heterocycles. The summed E-state index contributed by atoms with van der Waals surface area (Å²) < 4.78 is 6.24. The fourth-order valence-electron chi connectivity index (χ4n) is 3.86. The number of benzene rings is 1. The number of phenols is 1. The quantitative estimate of drug-likeness (QED) is 0.822. The van der Waals surface area contributed by atoms with Gasteiger partial charge in [0.1, 0.15) is 17.1 Å². The van der Waals surface area contributed by atoms with Crippen molar-refractivity contribution in [3.05, 3.63) is 29.3 Å². The van der Waals surface area contributed by atoms with Crippen LogP contribution in [0.5, 0.6) is 11.5 Å². The molecule has 23 heavy (non-hydrogen) atoms. The highest BCUT2D eigenvalue weighted by atomic mass is 16.5. The molecule has 0 saturated heterocycles. The van der Waals surface area contributed by atoms with E-state index >= 15 is 0 Å². The van der Waals surface area contributed by atoms with Gasteiger partial charge in [-0.3, -0.25) is 4.79 Å². The third-order valence-electron chi connectivity index (χ3n) is 5.08. The number of rotatable bonds is 4. The maximum Gasteiger partial charge on any atom is 0.156 e. The summed E-state index contributed by atoms with van der Waals surface area (Å²) in [7, 11) is 0. The van der Waals surface area contributed by atoms with Crippen LogP contribution in [0.15, 0.2) is 18.2 Å². The normalized spacial score (nSPS) is 22.0. The monoisotopic (exact) mass is 314 g/mol. The molecule has 0 amide bonds. The summed E-state index contributed by atoms with van der Waals surface area (Å²) in [6.07, 6.45) is 7.49. The first-order chi connectivity index (χ1) is 10.9. The third-order valence-corrected chi connectivity index (χ3v) is 5.08. The standard InChI is InChI=1S/C20H26O3/c1-4-5-6-7-13-10-17(22)19-15-12-14(21)8-9-16(15)20(2,3)23-18(19)11-13/h10-12,16,22H,4-9H2,1-3H3. The maximum absolute atomic E-state index is 11.9. The fourth-order valence-corrected chi connectivity index (χ4v) is 3.86. The van der Waals surface area contributed by atoms with Crippen molar-refractivity contribution in [2.45, 2.75) is 64.9 Å². The summed E-state index contributed by atoms with van der Waals surface area (Å²) in [5, 5.41) is 10.6. The molecule has 1 atom stereocenters. The van der Waals surface area contributed by atoms with Crippen molar-refractivity contribution >= 4 is 11.4 Å². The predicted molar refractivity (Wildman–Crippen MR) is 91.8 cm³/mol. The Morgan fingerprint density at radius 3 is 2.83 bits per heavy atom. The zero-order valence-corrected chi connectivity index (χ0v) is 14.3. The van der Waals surface area contributed by atoms with Crippen molar-refractivity contribution in [1.29, 1.82) is 0 Å². The van der Waals surface area contributed by atoms with Gasteiger partial charge >= 0.3 is 0 Å². The molecule has 1 aromatic carbocycles. The number of ketones is 1. The summed E-state index contributed by atoms with van der Waals surface area (Å²) in [6, 6.07) is 3.88. The lowest BCUT2D eigenvalue weighted by Crippen LogP contribution is -2.43. The molecule has 0 aromatic heterocycles. The van der Waals surface area contributed by atoms with Gasteiger partial charge in [-0.25, -0.2) is 0 Å². The lowest BCUT2D eigenvalue weighted by molar-refractivity contribution is -0.115. The van der Waals surface area contributed by atoms with Gasteiger partial charge in [-0.2, -0.15) is 0 Å². The van der Waals surface area contributed by atoms with Crippen LogP contribution in [0.1, 0.15) is 64.0 Å². The van der Waals surface area contributed by atoms with Gasteiger partial charge in [0.05, 0.1) is 5.56 Å². The predicted octanol–water partition coefficient (Wildman–Crippen LogP) is 4.66. The topological polar surface area (TPSA) is 46.5 Å². The molecule has 2 aliphatic rings. The molecule has 0 bridgehead atoms. The van der Waals surface area contributed by atoms with Gasteiger partial charge in [-0.1, -0.05) is 19.8 Å². The number of carbonyl (C=O) groups excluding carboxylic acids is 1. The van der Waals surface area contributed by atoms with Crippen LogP contribution in [0.3, 0.4) is 0 Å². The zero-order valence-electron chi connectivity index (χ0n) is 14.3. The van der Waals surface area contributed by atoms with Gasteiger partial charge < -0.3 is 9.84 Å². The molecule has 3 rings (SSSR count). The minimum Gasteiger partial charge on any atom is -0.507 e. The van der Waals surface area contributed by atoms with Gasteiger partial charge in [-0.15, -0.1) is 0 Å². The van der Waals surface area contributed by atoms with Crippen molar-refractivity contribution in [2.24, 2.45) is 5.92 Å². The van der Waals surface area contributed by atoms with Crippen molar-refractivity contribution in [3.8, 4) is 11.5 Å². The van der Waals surface area contributed by atoms with E-state index < -0.39 is 0 Å². The van der Waals surface area contributed by atoms with Crippen LogP contribution in [0.4, 0.5) is 0 Å². The SMILES string of the molecule is CCCCCc1cc(O)c2c(c1)OC(C)(C)C1CCC(=O)C=C21. The van der Waals surface area contributed by atoms with Gasteiger partial charge in [0.25, 0.3) is 0 Å². The van der Waals surface area contributed by atoms with Crippen LogP contribution < -0.4 is 4.74 Å². The Morgan fingerprint density at radius 2 is 2.09 bits per heavy atom. The van der Waals surface area contributed by atoms with Crippen molar-refractivity contribution < 1.29 is 14.6 Å². The van der Waals surface area contributed by atoms with E-state index in [0.717, 1.165) is 41.7 Å². The number of hydrogen-bond donors (Lipinski definition) is 1. The van der Waals surface area contributed by atoms with Crippen molar-refractivity contribution in [1.82, 2.24) is 0 Å². The first kappa shape index (κ1) is 16.1. The minimum atomic E-state index is -0.353. The maximum atomic E-state index is 11.9. The second kappa shape index (κ2) is 6.03. The van der Waals surface area contributed by atoms with Gasteiger partial charge in [0.2, 0.25) is 0 Å². The number of carbonyl (C=O) groups is 1. The molecule has 3 nitrogen and oxygen atoms in total. The van der Waals surface area contributed by atoms with Gasteiger partial charge in [-0.05, 0) is 62.5 Å². The first-order valence-electron chi connectivity index (χ1n) is 8.72. The van der Waals surface area contributed by atoms with E-state index in [1.54, 1.807) is 6.08 Å². The number of fused-ring (bicyclic) bond motifs is 3. The highest BCUT2D eigenvalue weighted by Gasteiger charge is 2.43. The molecular formula is C20H26O3. The number of aromatic hydroxyl groups is 1. The largest absolute Gasteiger partial charge is 0.507 e. The molecule has 124 valence electrons. The van der Waals surface area contributed by atoms with Crippen LogP contribution in [0.2, 0.25) is 0 Å². The third kappa shape index (κ3) is 3.01. The molecule has 0 saturated carbocycles. The van der Waals surface area contributed by atoms with Crippen LogP contribution in [-0.2, 0) is 11.2 Å². The smallest absolute Gasteiger partial charge is 0.156 e. The minimum absolute atomic E-state index is 0.145. The highest BCUT2D eigenvalue weighted by Crippen LogP contribution is 2.51. The van der Waals surface area contributed by atoms with Gasteiger partial charge in [0, 0.05) is 12.3 Å². The van der Waals surface area contributed by atoms with E-state index in [-0.39, 0.29) is 23.1 Å². The number of hydrogen-bond acceptors (Lipinski definition) is 3. The summed E-state index contributed by atoms with van der Waals surface area (Å²) in [5.41, 5.74) is 2.42. The number of phenolic OH excluding ortho intramolecular Hbond substituents is 1. The molecular weight excluding hydrogens is 288 g/mol. The molecule has 3 heteroatoms. The second-order valence-corrected chi connectivity index (χ2v) is 7.31. The Kier molecular flexibility index (Phi) is 4.22. The molecule has 1 heterocycles. The number of unbranched alkanes of at least 4 members (excludes halogenated alkanes) is 2. The van der Waals surface area contributed by atoms with Crippen LogP contribution in [0.25, 0.3) is 5.57 Å². The Bertz CT molecular complexity index is 655. The summed E-state index contributed by atoms with van der Waals surface area (Å²) >= 11 is 0. The van der Waals surface area contributed by atoms with E-state index in [2.05, 4.69) is 20.8 Å². The van der Waals surface area contributed by atoms with Crippen molar-refractivity contribution in [2.75, 3.05) is 0 Å². The molecule has 1 N–H and O–H groups in total. The van der Waals surface area contributed by atoms with E-state index in [4.69, 9.17) is 4.74 Å². The van der Waals surface area contributed by atoms with Crippen LogP contribution >= 0.6 is 0 Å². The Labute approximate surface area is 138 Å². The summed E-state index contributed by atoms with van der Waals surface area (Å²) in [6.45, 7) is 6.33. The lowest BCUT2D eigenvalue weighted by Gasteiger charge is -2.43. The van der Waals surface area contributed by atoms with Crippen molar-refractivity contribution in [3.63, 3.8) is 0 Å². The molecule has 0 spiro atoms. The first-order valence-corrected chi connectivity index (χ1v) is 8.72.